The molecule has 3 aromatic carbocycles. The van der Waals surface area contributed by atoms with Crippen LogP contribution in [0.1, 0.15) is 21.5 Å². The monoisotopic (exact) mass is 373 g/mol. The normalized spacial score (nSPS) is 10.8. The molecule has 4 rings (SSSR count). The van der Waals surface area contributed by atoms with Gasteiger partial charge in [0, 0.05) is 17.9 Å². The van der Waals surface area contributed by atoms with Gasteiger partial charge >= 0.3 is 0 Å². The number of aromatic amines is 1. The van der Waals surface area contributed by atoms with E-state index in [1.165, 1.54) is 0 Å². The molecule has 134 valence electrons. The Morgan fingerprint density at radius 2 is 1.63 bits per heavy atom. The number of hydrogen-bond donors (Lipinski definition) is 2. The number of carbonyl (C=O) groups is 1. The van der Waals surface area contributed by atoms with E-state index >= 15 is 0 Å². The molecule has 1 aromatic heterocycles. The minimum atomic E-state index is -0.0599. The van der Waals surface area contributed by atoms with Crippen molar-refractivity contribution < 1.29 is 4.79 Å². The summed E-state index contributed by atoms with van der Waals surface area (Å²) in [5.74, 6) is 0.737. The van der Waals surface area contributed by atoms with E-state index < -0.39 is 0 Å². The van der Waals surface area contributed by atoms with Crippen molar-refractivity contribution in [2.75, 3.05) is 0 Å². The topological polar surface area (TPSA) is 57.8 Å². The lowest BCUT2D eigenvalue weighted by molar-refractivity contribution is 0.0951. The highest BCUT2D eigenvalue weighted by molar-refractivity contribution is 7.98. The predicted octanol–water partition coefficient (Wildman–Crippen LogP) is 4.79. The van der Waals surface area contributed by atoms with Gasteiger partial charge in [0.2, 0.25) is 0 Å². The second kappa shape index (κ2) is 8.10. The van der Waals surface area contributed by atoms with Gasteiger partial charge in [0.05, 0.1) is 11.0 Å². The number of imidazole rings is 1. The van der Waals surface area contributed by atoms with Gasteiger partial charge in [-0.1, -0.05) is 66.4 Å². The zero-order valence-corrected chi connectivity index (χ0v) is 15.5. The molecule has 0 bridgehead atoms. The fourth-order valence-corrected chi connectivity index (χ4v) is 3.62. The quantitative estimate of drug-likeness (QED) is 0.478. The van der Waals surface area contributed by atoms with Gasteiger partial charge in [0.1, 0.15) is 0 Å². The van der Waals surface area contributed by atoms with E-state index in [1.54, 1.807) is 11.8 Å². The molecule has 0 spiro atoms. The van der Waals surface area contributed by atoms with Crippen LogP contribution in [0.4, 0.5) is 0 Å². The van der Waals surface area contributed by atoms with E-state index in [0.29, 0.717) is 12.1 Å². The number of fused-ring (bicyclic) bond motifs is 1. The average Bonchev–Trinajstić information content (AvgIpc) is 3.15. The van der Waals surface area contributed by atoms with E-state index in [2.05, 4.69) is 15.3 Å². The fraction of sp³-hybridized carbons (Fsp3) is 0.0909. The Labute approximate surface area is 162 Å². The minimum Gasteiger partial charge on any atom is -0.348 e. The summed E-state index contributed by atoms with van der Waals surface area (Å²) in [6.07, 6.45) is 0. The Hall–Kier alpha value is -3.05. The molecule has 0 saturated heterocycles. The van der Waals surface area contributed by atoms with Crippen LogP contribution >= 0.6 is 11.8 Å². The van der Waals surface area contributed by atoms with Gasteiger partial charge in [-0.25, -0.2) is 4.98 Å². The number of rotatable bonds is 6. The summed E-state index contributed by atoms with van der Waals surface area (Å²) in [6, 6.07) is 25.6. The van der Waals surface area contributed by atoms with Crippen molar-refractivity contribution in [3.8, 4) is 0 Å². The lowest BCUT2D eigenvalue weighted by atomic mass is 10.1. The summed E-state index contributed by atoms with van der Waals surface area (Å²) < 4.78 is 0. The van der Waals surface area contributed by atoms with Crippen LogP contribution in [0.3, 0.4) is 0 Å². The molecule has 0 saturated carbocycles. The molecule has 1 heterocycles. The van der Waals surface area contributed by atoms with Crippen molar-refractivity contribution in [3.63, 3.8) is 0 Å². The molecule has 5 heteroatoms. The highest BCUT2D eigenvalue weighted by Gasteiger charge is 2.07. The molecule has 0 radical (unpaired) electrons. The smallest absolute Gasteiger partial charge is 0.251 e. The number of nitrogens with zero attached hydrogens (tertiary/aromatic N) is 1. The summed E-state index contributed by atoms with van der Waals surface area (Å²) in [5.41, 5.74) is 4.93. The second-order valence-corrected chi connectivity index (χ2v) is 7.18. The summed E-state index contributed by atoms with van der Waals surface area (Å²) in [7, 11) is 0. The Morgan fingerprint density at radius 3 is 2.41 bits per heavy atom. The molecule has 1 amide bonds. The van der Waals surface area contributed by atoms with Crippen molar-refractivity contribution in [1.29, 1.82) is 0 Å². The molecule has 4 aromatic rings. The number of H-pyrrole nitrogens is 1. The lowest BCUT2D eigenvalue weighted by Crippen LogP contribution is -2.22. The third-order valence-corrected chi connectivity index (χ3v) is 5.20. The van der Waals surface area contributed by atoms with E-state index in [9.17, 15) is 4.79 Å². The van der Waals surface area contributed by atoms with Crippen LogP contribution in [0.15, 0.2) is 84.0 Å². The van der Waals surface area contributed by atoms with E-state index in [1.807, 2.05) is 78.9 Å². The number of nitrogens with one attached hydrogen (secondary N) is 2. The molecular weight excluding hydrogens is 354 g/mol. The van der Waals surface area contributed by atoms with Gasteiger partial charge in [-0.05, 0) is 35.4 Å². The number of hydrogen-bond acceptors (Lipinski definition) is 3. The van der Waals surface area contributed by atoms with E-state index in [-0.39, 0.29) is 5.91 Å². The van der Waals surface area contributed by atoms with Gasteiger partial charge in [-0.2, -0.15) is 0 Å². The Balaban J connectivity index is 1.33. The zero-order chi connectivity index (χ0) is 18.5. The summed E-state index contributed by atoms with van der Waals surface area (Å²) >= 11 is 1.65. The number of para-hydroxylation sites is 2. The first-order valence-corrected chi connectivity index (χ1v) is 9.75. The largest absolute Gasteiger partial charge is 0.348 e. The predicted molar refractivity (Wildman–Crippen MR) is 110 cm³/mol. The van der Waals surface area contributed by atoms with Gasteiger partial charge in [-0.3, -0.25) is 4.79 Å². The van der Waals surface area contributed by atoms with Gasteiger partial charge in [-0.15, -0.1) is 0 Å². The first-order valence-electron chi connectivity index (χ1n) is 8.76. The number of amides is 1. The summed E-state index contributed by atoms with van der Waals surface area (Å²) in [5, 5.41) is 3.85. The van der Waals surface area contributed by atoms with Crippen LogP contribution in [0.25, 0.3) is 11.0 Å². The number of benzene rings is 3. The van der Waals surface area contributed by atoms with Crippen LogP contribution in [0, 0.1) is 0 Å². The number of carbonyl (C=O) groups excluding carboxylic acids is 1. The van der Waals surface area contributed by atoms with Gasteiger partial charge < -0.3 is 10.3 Å². The fourth-order valence-electron chi connectivity index (χ4n) is 2.78. The molecule has 0 aliphatic heterocycles. The average molecular weight is 373 g/mol. The highest BCUT2D eigenvalue weighted by atomic mass is 32.2. The maximum absolute atomic E-state index is 12.3. The van der Waals surface area contributed by atoms with Crippen LogP contribution in [-0.4, -0.2) is 15.9 Å². The third-order valence-electron chi connectivity index (χ3n) is 4.26. The summed E-state index contributed by atoms with van der Waals surface area (Å²) in [4.78, 5) is 20.2. The molecule has 0 atom stereocenters. The SMILES string of the molecule is O=C(NCc1ccccc1)c1ccc(CSc2nc3ccccc3[nH]2)cc1. The molecular formula is C22H19N3OS. The molecule has 0 aliphatic carbocycles. The molecule has 4 nitrogen and oxygen atoms in total. The maximum Gasteiger partial charge on any atom is 0.251 e. The summed E-state index contributed by atoms with van der Waals surface area (Å²) in [6.45, 7) is 0.531. The van der Waals surface area contributed by atoms with Crippen LogP contribution in [-0.2, 0) is 12.3 Å². The Bertz CT molecular complexity index is 1010. The minimum absolute atomic E-state index is 0.0599. The maximum atomic E-state index is 12.3. The standard InChI is InChI=1S/C22H19N3OS/c26-21(23-14-16-6-2-1-3-7-16)18-12-10-17(11-13-18)15-27-22-24-19-8-4-5-9-20(19)25-22/h1-13H,14-15H2,(H,23,26)(H,24,25). The Kier molecular flexibility index (Phi) is 5.21. The van der Waals surface area contributed by atoms with Crippen LogP contribution in [0.2, 0.25) is 0 Å². The van der Waals surface area contributed by atoms with Crippen molar-refractivity contribution in [2.45, 2.75) is 17.5 Å². The first kappa shape index (κ1) is 17.4. The van der Waals surface area contributed by atoms with Gasteiger partial charge in [0.25, 0.3) is 5.91 Å². The molecule has 2 N–H and O–H groups in total. The van der Waals surface area contributed by atoms with Crippen LogP contribution in [0.5, 0.6) is 0 Å². The van der Waals surface area contributed by atoms with Crippen LogP contribution < -0.4 is 5.32 Å². The number of thioether (sulfide) groups is 1. The van der Waals surface area contributed by atoms with Crippen molar-refractivity contribution >= 4 is 28.7 Å². The zero-order valence-electron chi connectivity index (χ0n) is 14.7. The molecule has 27 heavy (non-hydrogen) atoms. The van der Waals surface area contributed by atoms with E-state index in [4.69, 9.17) is 0 Å². The van der Waals surface area contributed by atoms with Gasteiger partial charge in [0.15, 0.2) is 5.16 Å². The second-order valence-electron chi connectivity index (χ2n) is 6.21. The number of aromatic nitrogens is 2. The highest BCUT2D eigenvalue weighted by Crippen LogP contribution is 2.23. The molecule has 0 aliphatic rings. The van der Waals surface area contributed by atoms with Crippen molar-refractivity contribution in [2.24, 2.45) is 0 Å². The Morgan fingerprint density at radius 1 is 0.889 bits per heavy atom. The molecule has 0 fully saturated rings. The third kappa shape index (κ3) is 4.38. The lowest BCUT2D eigenvalue weighted by Gasteiger charge is -2.06. The van der Waals surface area contributed by atoms with Crippen molar-refractivity contribution in [3.05, 3.63) is 95.6 Å². The molecule has 0 unspecified atom stereocenters. The van der Waals surface area contributed by atoms with Crippen molar-refractivity contribution in [1.82, 2.24) is 15.3 Å². The first-order chi connectivity index (χ1) is 13.3. The van der Waals surface area contributed by atoms with E-state index in [0.717, 1.165) is 33.1 Å².